The van der Waals surface area contributed by atoms with E-state index >= 15 is 0 Å². The van der Waals surface area contributed by atoms with Crippen molar-refractivity contribution in [1.29, 1.82) is 0 Å². The smallest absolute Gasteiger partial charge is 0.137 e. The van der Waals surface area contributed by atoms with Crippen LogP contribution in [0.3, 0.4) is 0 Å². The van der Waals surface area contributed by atoms with Gasteiger partial charge in [-0.1, -0.05) is 0 Å². The first kappa shape index (κ1) is 11.8. The molecule has 1 aromatic heterocycles. The molecule has 90 valence electrons. The molecule has 2 rings (SSSR count). The van der Waals surface area contributed by atoms with Crippen molar-refractivity contribution in [3.05, 3.63) is 47.7 Å². The van der Waals surface area contributed by atoms with Crippen LogP contribution in [-0.2, 0) is 6.42 Å². The zero-order valence-electron chi connectivity index (χ0n) is 9.25. The molecule has 1 aromatic carbocycles. The number of hydrogen-bond acceptors (Lipinski definition) is 2. The summed E-state index contributed by atoms with van der Waals surface area (Å²) in [5.41, 5.74) is 5.66. The minimum absolute atomic E-state index is 0.269. The van der Waals surface area contributed by atoms with Gasteiger partial charge in [-0.15, -0.1) is 0 Å². The van der Waals surface area contributed by atoms with Crippen LogP contribution in [0.1, 0.15) is 12.2 Å². The molecule has 2 N–H and O–H groups in total. The van der Waals surface area contributed by atoms with Crippen molar-refractivity contribution in [1.82, 2.24) is 0 Å². The van der Waals surface area contributed by atoms with Gasteiger partial charge in [-0.2, -0.15) is 0 Å². The van der Waals surface area contributed by atoms with E-state index in [-0.39, 0.29) is 5.56 Å². The molecule has 17 heavy (non-hydrogen) atoms. The number of aryl methyl sites for hydroxylation is 1. The zero-order valence-corrected chi connectivity index (χ0v) is 9.25. The van der Waals surface area contributed by atoms with E-state index in [4.69, 9.17) is 10.2 Å². The summed E-state index contributed by atoms with van der Waals surface area (Å²) in [5, 5.41) is 0. The maximum absolute atomic E-state index is 13.5. The highest BCUT2D eigenvalue weighted by atomic mass is 19.1. The standard InChI is InChI=1S/C13H13F2NO/c14-9-3-5-11(12(15)8-9)13-6-4-10(17-13)2-1-7-16/h3-6,8H,1-2,7,16H2. The zero-order chi connectivity index (χ0) is 12.3. The number of benzene rings is 1. The van der Waals surface area contributed by atoms with Crippen molar-refractivity contribution in [2.45, 2.75) is 12.8 Å². The Morgan fingerprint density at radius 1 is 1.12 bits per heavy atom. The molecule has 0 atom stereocenters. The fraction of sp³-hybridized carbons (Fsp3) is 0.231. The van der Waals surface area contributed by atoms with E-state index in [0.717, 1.165) is 24.7 Å². The fourth-order valence-corrected chi connectivity index (χ4v) is 1.62. The van der Waals surface area contributed by atoms with Crippen LogP contribution in [0.25, 0.3) is 11.3 Å². The molecule has 4 heteroatoms. The lowest BCUT2D eigenvalue weighted by Crippen LogP contribution is -1.99. The Bertz CT molecular complexity index is 508. The number of nitrogens with two attached hydrogens (primary N) is 1. The Kier molecular flexibility index (Phi) is 3.54. The molecule has 0 amide bonds. The van der Waals surface area contributed by atoms with Gasteiger partial charge < -0.3 is 10.2 Å². The average Bonchev–Trinajstić information content (AvgIpc) is 2.75. The first-order valence-electron chi connectivity index (χ1n) is 5.45. The van der Waals surface area contributed by atoms with E-state index in [0.29, 0.717) is 12.3 Å². The predicted molar refractivity (Wildman–Crippen MR) is 61.4 cm³/mol. The number of furan rings is 1. The van der Waals surface area contributed by atoms with Gasteiger partial charge in [0.15, 0.2) is 0 Å². The predicted octanol–water partition coefficient (Wildman–Crippen LogP) is 3.12. The van der Waals surface area contributed by atoms with Gasteiger partial charge in [0.2, 0.25) is 0 Å². The highest BCUT2D eigenvalue weighted by molar-refractivity contribution is 5.58. The number of rotatable bonds is 4. The summed E-state index contributed by atoms with van der Waals surface area (Å²) >= 11 is 0. The van der Waals surface area contributed by atoms with Gasteiger partial charge in [-0.05, 0) is 37.2 Å². The van der Waals surface area contributed by atoms with Gasteiger partial charge in [0.25, 0.3) is 0 Å². The van der Waals surface area contributed by atoms with Gasteiger partial charge in [-0.25, -0.2) is 8.78 Å². The lowest BCUT2D eigenvalue weighted by atomic mass is 10.1. The lowest BCUT2D eigenvalue weighted by Gasteiger charge is -1.99. The SMILES string of the molecule is NCCCc1ccc(-c2ccc(F)cc2F)o1. The summed E-state index contributed by atoms with van der Waals surface area (Å²) < 4.78 is 31.7. The average molecular weight is 237 g/mol. The van der Waals surface area contributed by atoms with Crippen LogP contribution >= 0.6 is 0 Å². The second-order valence-electron chi connectivity index (χ2n) is 3.78. The minimum atomic E-state index is -0.621. The molecule has 1 heterocycles. The normalized spacial score (nSPS) is 10.8. The number of hydrogen-bond donors (Lipinski definition) is 1. The van der Waals surface area contributed by atoms with E-state index in [1.165, 1.54) is 12.1 Å². The first-order valence-corrected chi connectivity index (χ1v) is 5.45. The van der Waals surface area contributed by atoms with Crippen LogP contribution in [0.15, 0.2) is 34.7 Å². The monoisotopic (exact) mass is 237 g/mol. The summed E-state index contributed by atoms with van der Waals surface area (Å²) in [5.74, 6) is -0.0467. The summed E-state index contributed by atoms with van der Waals surface area (Å²) in [4.78, 5) is 0. The van der Waals surface area contributed by atoms with Gasteiger partial charge in [-0.3, -0.25) is 0 Å². The van der Waals surface area contributed by atoms with Crippen LogP contribution in [0.4, 0.5) is 8.78 Å². The van der Waals surface area contributed by atoms with Crippen LogP contribution in [-0.4, -0.2) is 6.54 Å². The van der Waals surface area contributed by atoms with Crippen LogP contribution < -0.4 is 5.73 Å². The topological polar surface area (TPSA) is 39.2 Å². The van der Waals surface area contributed by atoms with Crippen LogP contribution in [0, 0.1) is 11.6 Å². The van der Waals surface area contributed by atoms with Crippen molar-refractivity contribution < 1.29 is 13.2 Å². The Morgan fingerprint density at radius 3 is 2.65 bits per heavy atom. The van der Waals surface area contributed by atoms with Crippen LogP contribution in [0.2, 0.25) is 0 Å². The van der Waals surface area contributed by atoms with Gasteiger partial charge >= 0.3 is 0 Å². The Labute approximate surface area is 98.0 Å². The molecule has 0 radical (unpaired) electrons. The first-order chi connectivity index (χ1) is 8.20. The maximum Gasteiger partial charge on any atom is 0.137 e. The van der Waals surface area contributed by atoms with Crippen molar-refractivity contribution in [2.75, 3.05) is 6.54 Å². The molecular formula is C13H13F2NO. The van der Waals surface area contributed by atoms with E-state index in [1.807, 2.05) is 0 Å². The lowest BCUT2D eigenvalue weighted by molar-refractivity contribution is 0.509. The quantitative estimate of drug-likeness (QED) is 0.887. The molecule has 0 fully saturated rings. The third-order valence-corrected chi connectivity index (χ3v) is 2.49. The van der Waals surface area contributed by atoms with E-state index in [9.17, 15) is 8.78 Å². The van der Waals surface area contributed by atoms with E-state index in [2.05, 4.69) is 0 Å². The highest BCUT2D eigenvalue weighted by Crippen LogP contribution is 2.25. The minimum Gasteiger partial charge on any atom is -0.461 e. The second kappa shape index (κ2) is 5.10. The van der Waals surface area contributed by atoms with Gasteiger partial charge in [0, 0.05) is 12.5 Å². The molecule has 0 spiro atoms. The van der Waals surface area contributed by atoms with Crippen molar-refractivity contribution >= 4 is 0 Å². The third kappa shape index (κ3) is 2.71. The molecule has 0 aliphatic heterocycles. The van der Waals surface area contributed by atoms with Crippen molar-refractivity contribution in [2.24, 2.45) is 5.73 Å². The molecule has 0 bridgehead atoms. The Morgan fingerprint density at radius 2 is 1.94 bits per heavy atom. The molecule has 2 aromatic rings. The molecule has 0 saturated heterocycles. The molecular weight excluding hydrogens is 224 g/mol. The summed E-state index contributed by atoms with van der Waals surface area (Å²) in [7, 11) is 0. The Balaban J connectivity index is 2.24. The van der Waals surface area contributed by atoms with E-state index in [1.54, 1.807) is 12.1 Å². The molecule has 0 unspecified atom stereocenters. The summed E-state index contributed by atoms with van der Waals surface area (Å²) in [6, 6.07) is 6.89. The van der Waals surface area contributed by atoms with Gasteiger partial charge in [0.1, 0.15) is 23.2 Å². The Hall–Kier alpha value is -1.68. The molecule has 0 saturated carbocycles. The summed E-state index contributed by atoms with van der Waals surface area (Å²) in [6.07, 6.45) is 1.54. The van der Waals surface area contributed by atoms with Crippen molar-refractivity contribution in [3.63, 3.8) is 0 Å². The molecule has 2 nitrogen and oxygen atoms in total. The largest absolute Gasteiger partial charge is 0.461 e. The van der Waals surface area contributed by atoms with Gasteiger partial charge in [0.05, 0.1) is 5.56 Å². The number of halogens is 2. The highest BCUT2D eigenvalue weighted by Gasteiger charge is 2.10. The summed E-state index contributed by atoms with van der Waals surface area (Å²) in [6.45, 7) is 0.584. The maximum atomic E-state index is 13.5. The molecule has 0 aliphatic rings. The van der Waals surface area contributed by atoms with E-state index < -0.39 is 11.6 Å². The third-order valence-electron chi connectivity index (χ3n) is 2.49. The second-order valence-corrected chi connectivity index (χ2v) is 3.78. The van der Waals surface area contributed by atoms with Crippen LogP contribution in [0.5, 0.6) is 0 Å². The fourth-order valence-electron chi connectivity index (χ4n) is 1.62. The van der Waals surface area contributed by atoms with Crippen molar-refractivity contribution in [3.8, 4) is 11.3 Å². The molecule has 0 aliphatic carbocycles.